The van der Waals surface area contributed by atoms with Crippen molar-refractivity contribution in [2.45, 2.75) is 24.7 Å². The first-order valence-electron chi connectivity index (χ1n) is 9.12. The first kappa shape index (κ1) is 19.4. The molecule has 1 aliphatic rings. The van der Waals surface area contributed by atoms with Crippen LogP contribution in [-0.4, -0.2) is 34.0 Å². The maximum atomic E-state index is 12.6. The SMILES string of the molecule is Cc1ccc(NS(=O)(=O)c2cccc(C(=O)NCCC3CCNC3)c2)cc1. The van der Waals surface area contributed by atoms with E-state index in [1.807, 2.05) is 19.1 Å². The summed E-state index contributed by atoms with van der Waals surface area (Å²) in [5.74, 6) is 0.337. The second-order valence-electron chi connectivity index (χ2n) is 6.90. The Kier molecular flexibility index (Phi) is 6.13. The molecule has 3 N–H and O–H groups in total. The molecule has 2 aromatic carbocycles. The van der Waals surface area contributed by atoms with Gasteiger partial charge >= 0.3 is 0 Å². The Morgan fingerprint density at radius 3 is 2.67 bits per heavy atom. The summed E-state index contributed by atoms with van der Waals surface area (Å²) in [4.78, 5) is 12.4. The Morgan fingerprint density at radius 2 is 1.96 bits per heavy atom. The lowest BCUT2D eigenvalue weighted by atomic mass is 10.1. The number of anilines is 1. The Labute approximate surface area is 160 Å². The van der Waals surface area contributed by atoms with Crippen LogP contribution >= 0.6 is 0 Å². The van der Waals surface area contributed by atoms with Gasteiger partial charge in [-0.15, -0.1) is 0 Å². The number of sulfonamides is 1. The number of hydrogen-bond donors (Lipinski definition) is 3. The minimum absolute atomic E-state index is 0.0655. The lowest BCUT2D eigenvalue weighted by Crippen LogP contribution is -2.26. The van der Waals surface area contributed by atoms with Crippen molar-refractivity contribution in [3.05, 3.63) is 59.7 Å². The Balaban J connectivity index is 1.64. The third kappa shape index (κ3) is 5.30. The highest BCUT2D eigenvalue weighted by molar-refractivity contribution is 7.92. The molecular weight excluding hydrogens is 362 g/mol. The van der Waals surface area contributed by atoms with Crippen LogP contribution in [0.1, 0.15) is 28.8 Å². The molecular formula is C20H25N3O3S. The quantitative estimate of drug-likeness (QED) is 0.681. The minimum Gasteiger partial charge on any atom is -0.352 e. The molecule has 1 heterocycles. The Bertz CT molecular complexity index is 889. The van der Waals surface area contributed by atoms with Gasteiger partial charge < -0.3 is 10.6 Å². The number of carbonyl (C=O) groups excluding carboxylic acids is 1. The lowest BCUT2D eigenvalue weighted by molar-refractivity contribution is 0.0951. The maximum Gasteiger partial charge on any atom is 0.261 e. The van der Waals surface area contributed by atoms with Gasteiger partial charge in [-0.05, 0) is 69.1 Å². The zero-order chi connectivity index (χ0) is 19.3. The second kappa shape index (κ2) is 8.54. The molecule has 144 valence electrons. The monoisotopic (exact) mass is 387 g/mol. The highest BCUT2D eigenvalue weighted by Crippen LogP contribution is 2.18. The van der Waals surface area contributed by atoms with E-state index in [2.05, 4.69) is 15.4 Å². The summed E-state index contributed by atoms with van der Waals surface area (Å²) in [5, 5.41) is 6.18. The fourth-order valence-corrected chi connectivity index (χ4v) is 4.20. The third-order valence-corrected chi connectivity index (χ3v) is 6.09. The molecule has 1 aliphatic heterocycles. The smallest absolute Gasteiger partial charge is 0.261 e. The summed E-state index contributed by atoms with van der Waals surface area (Å²) in [6.07, 6.45) is 2.06. The molecule has 0 aromatic heterocycles. The summed E-state index contributed by atoms with van der Waals surface area (Å²) in [6.45, 7) is 4.55. The van der Waals surface area contributed by atoms with Gasteiger partial charge in [0.1, 0.15) is 0 Å². The highest BCUT2D eigenvalue weighted by atomic mass is 32.2. The van der Waals surface area contributed by atoms with E-state index in [1.165, 1.54) is 12.1 Å². The predicted molar refractivity (Wildman–Crippen MR) is 106 cm³/mol. The summed E-state index contributed by atoms with van der Waals surface area (Å²) < 4.78 is 27.7. The molecule has 7 heteroatoms. The van der Waals surface area contributed by atoms with Crippen LogP contribution in [0, 0.1) is 12.8 Å². The van der Waals surface area contributed by atoms with Gasteiger partial charge in [-0.1, -0.05) is 23.8 Å². The summed E-state index contributed by atoms with van der Waals surface area (Å²) in [5.41, 5.74) is 1.87. The summed E-state index contributed by atoms with van der Waals surface area (Å²) in [7, 11) is -3.75. The molecule has 1 fully saturated rings. The lowest BCUT2D eigenvalue weighted by Gasteiger charge is -2.11. The molecule has 2 aromatic rings. The van der Waals surface area contributed by atoms with Crippen LogP contribution in [0.2, 0.25) is 0 Å². The molecule has 0 saturated carbocycles. The van der Waals surface area contributed by atoms with Gasteiger partial charge in [-0.25, -0.2) is 8.42 Å². The van der Waals surface area contributed by atoms with E-state index < -0.39 is 10.0 Å². The third-order valence-electron chi connectivity index (χ3n) is 4.71. The average molecular weight is 388 g/mol. The fourth-order valence-electron chi connectivity index (χ4n) is 3.09. The van der Waals surface area contributed by atoms with E-state index in [0.717, 1.165) is 31.5 Å². The van der Waals surface area contributed by atoms with E-state index in [1.54, 1.807) is 24.3 Å². The van der Waals surface area contributed by atoms with Crippen molar-refractivity contribution < 1.29 is 13.2 Å². The minimum atomic E-state index is -3.75. The molecule has 1 unspecified atom stereocenters. The molecule has 0 bridgehead atoms. The summed E-state index contributed by atoms with van der Waals surface area (Å²) in [6, 6.07) is 13.2. The van der Waals surface area contributed by atoms with Crippen LogP contribution in [0.4, 0.5) is 5.69 Å². The number of amides is 1. The summed E-state index contributed by atoms with van der Waals surface area (Å²) >= 11 is 0. The number of aryl methyl sites for hydroxylation is 1. The largest absolute Gasteiger partial charge is 0.352 e. The Morgan fingerprint density at radius 1 is 1.19 bits per heavy atom. The van der Waals surface area contributed by atoms with Gasteiger partial charge in [-0.2, -0.15) is 0 Å². The molecule has 0 radical (unpaired) electrons. The Hall–Kier alpha value is -2.38. The number of nitrogens with one attached hydrogen (secondary N) is 3. The van der Waals surface area contributed by atoms with Crippen LogP contribution in [0.25, 0.3) is 0 Å². The molecule has 3 rings (SSSR count). The van der Waals surface area contributed by atoms with Crippen LogP contribution in [0.15, 0.2) is 53.4 Å². The topological polar surface area (TPSA) is 87.3 Å². The van der Waals surface area contributed by atoms with E-state index >= 15 is 0 Å². The molecule has 27 heavy (non-hydrogen) atoms. The van der Waals surface area contributed by atoms with Gasteiger partial charge in [0.15, 0.2) is 0 Å². The highest BCUT2D eigenvalue weighted by Gasteiger charge is 2.17. The van der Waals surface area contributed by atoms with Crippen molar-refractivity contribution >= 4 is 21.6 Å². The standard InChI is InChI=1S/C20H25N3O3S/c1-15-5-7-18(8-6-15)23-27(25,26)19-4-2-3-17(13-19)20(24)22-12-10-16-9-11-21-14-16/h2-8,13,16,21,23H,9-12,14H2,1H3,(H,22,24). The second-order valence-corrected chi connectivity index (χ2v) is 8.59. The van der Waals surface area contributed by atoms with E-state index in [0.29, 0.717) is 23.7 Å². The number of benzene rings is 2. The fraction of sp³-hybridized carbons (Fsp3) is 0.350. The van der Waals surface area contributed by atoms with Crippen LogP contribution in [0.3, 0.4) is 0 Å². The molecule has 1 atom stereocenters. The van der Waals surface area contributed by atoms with Crippen molar-refractivity contribution in [1.82, 2.24) is 10.6 Å². The zero-order valence-electron chi connectivity index (χ0n) is 15.4. The van der Waals surface area contributed by atoms with Crippen LogP contribution in [-0.2, 0) is 10.0 Å². The van der Waals surface area contributed by atoms with E-state index in [9.17, 15) is 13.2 Å². The van der Waals surface area contributed by atoms with Gasteiger partial charge in [0.05, 0.1) is 4.90 Å². The number of rotatable bonds is 7. The average Bonchev–Trinajstić information content (AvgIpc) is 3.17. The number of hydrogen-bond acceptors (Lipinski definition) is 4. The first-order valence-corrected chi connectivity index (χ1v) is 10.6. The van der Waals surface area contributed by atoms with E-state index in [4.69, 9.17) is 0 Å². The zero-order valence-corrected chi connectivity index (χ0v) is 16.2. The van der Waals surface area contributed by atoms with Gasteiger partial charge in [0.2, 0.25) is 0 Å². The molecule has 0 aliphatic carbocycles. The van der Waals surface area contributed by atoms with Gasteiger partial charge in [0, 0.05) is 17.8 Å². The van der Waals surface area contributed by atoms with Gasteiger partial charge in [-0.3, -0.25) is 9.52 Å². The van der Waals surface area contributed by atoms with E-state index in [-0.39, 0.29) is 10.8 Å². The van der Waals surface area contributed by atoms with Crippen LogP contribution in [0.5, 0.6) is 0 Å². The molecule has 1 saturated heterocycles. The van der Waals surface area contributed by atoms with Gasteiger partial charge in [0.25, 0.3) is 15.9 Å². The molecule has 0 spiro atoms. The maximum absolute atomic E-state index is 12.6. The molecule has 1 amide bonds. The predicted octanol–water partition coefficient (Wildman–Crippen LogP) is 2.53. The van der Waals surface area contributed by atoms with Crippen molar-refractivity contribution in [3.63, 3.8) is 0 Å². The molecule has 6 nitrogen and oxygen atoms in total. The van der Waals surface area contributed by atoms with Crippen molar-refractivity contribution in [1.29, 1.82) is 0 Å². The number of carbonyl (C=O) groups is 1. The first-order chi connectivity index (χ1) is 12.9. The van der Waals surface area contributed by atoms with Crippen LogP contribution < -0.4 is 15.4 Å². The van der Waals surface area contributed by atoms with Crippen molar-refractivity contribution in [3.8, 4) is 0 Å². The van der Waals surface area contributed by atoms with Crippen molar-refractivity contribution in [2.75, 3.05) is 24.4 Å². The van der Waals surface area contributed by atoms with Crippen molar-refractivity contribution in [2.24, 2.45) is 5.92 Å². The normalized spacial score (nSPS) is 16.9.